The monoisotopic (exact) mass is 432 g/mol. The zero-order valence-electron chi connectivity index (χ0n) is 20.4. The Kier molecular flexibility index (Phi) is 19.3. The van der Waals surface area contributed by atoms with E-state index in [1.54, 1.807) is 20.8 Å². The number of unbranched alkanes of at least 4 members (excludes halogenated alkanes) is 7. The van der Waals surface area contributed by atoms with E-state index in [4.69, 9.17) is 14.6 Å². The Bertz CT molecular complexity index is 427. The normalized spacial score (nSPS) is 14.7. The summed E-state index contributed by atoms with van der Waals surface area (Å²) in [5.41, 5.74) is -1.43. The second-order valence-electron chi connectivity index (χ2n) is 8.48. The minimum Gasteiger partial charge on any atom is -0.466 e. The van der Waals surface area contributed by atoms with Crippen molar-refractivity contribution < 1.29 is 29.3 Å². The number of carbonyl (C=O) groups is 2. The molecule has 0 rings (SSSR count). The number of hydrogen-bond acceptors (Lipinski definition) is 6. The zero-order valence-corrected chi connectivity index (χ0v) is 20.4. The average Bonchev–Trinajstić information content (AvgIpc) is 2.77. The highest BCUT2D eigenvalue weighted by Gasteiger charge is 2.32. The van der Waals surface area contributed by atoms with Gasteiger partial charge in [-0.25, -0.2) is 0 Å². The van der Waals surface area contributed by atoms with Gasteiger partial charge in [-0.3, -0.25) is 9.59 Å². The summed E-state index contributed by atoms with van der Waals surface area (Å²) in [6, 6.07) is 0. The van der Waals surface area contributed by atoms with Gasteiger partial charge in [0.05, 0.1) is 37.3 Å². The molecule has 0 aliphatic carbocycles. The van der Waals surface area contributed by atoms with E-state index < -0.39 is 10.8 Å². The molecule has 6 heteroatoms. The highest BCUT2D eigenvalue weighted by atomic mass is 16.5. The largest absolute Gasteiger partial charge is 0.466 e. The standard InChI is InChI=1S/C16H32O3.C8H16O3/c1-4-6-7-8-9-10-11-12-13-19-15(18)16(3,5-2)14-17;1-4-8(3,6-9)7(10)11-5-2/h17H,4-14H2,1-3H3;9H,4-6H2,1-3H3. The van der Waals surface area contributed by atoms with Crippen LogP contribution >= 0.6 is 0 Å². The van der Waals surface area contributed by atoms with Crippen molar-refractivity contribution in [2.45, 2.75) is 106 Å². The first-order valence-corrected chi connectivity index (χ1v) is 11.8. The van der Waals surface area contributed by atoms with Crippen molar-refractivity contribution in [3.8, 4) is 0 Å². The van der Waals surface area contributed by atoms with Gasteiger partial charge in [0.1, 0.15) is 0 Å². The summed E-state index contributed by atoms with van der Waals surface area (Å²) in [6.07, 6.45) is 11.1. The smallest absolute Gasteiger partial charge is 0.314 e. The van der Waals surface area contributed by atoms with Gasteiger partial charge in [0.15, 0.2) is 0 Å². The van der Waals surface area contributed by atoms with Crippen molar-refractivity contribution in [2.24, 2.45) is 10.8 Å². The van der Waals surface area contributed by atoms with E-state index in [-0.39, 0.29) is 25.2 Å². The van der Waals surface area contributed by atoms with Crippen LogP contribution in [-0.4, -0.2) is 48.6 Å². The highest BCUT2D eigenvalue weighted by Crippen LogP contribution is 2.22. The SMILES string of the molecule is CCCCCCCCCCOC(=O)C(C)(CC)CO.CCOC(=O)C(C)(CC)CO. The van der Waals surface area contributed by atoms with Crippen LogP contribution in [0.15, 0.2) is 0 Å². The Morgan fingerprint density at radius 3 is 1.43 bits per heavy atom. The molecule has 0 spiro atoms. The first-order valence-electron chi connectivity index (χ1n) is 11.8. The lowest BCUT2D eigenvalue weighted by molar-refractivity contribution is -0.158. The van der Waals surface area contributed by atoms with Crippen LogP contribution in [0.2, 0.25) is 0 Å². The predicted molar refractivity (Wildman–Crippen MR) is 121 cm³/mol. The average molecular weight is 433 g/mol. The van der Waals surface area contributed by atoms with Gasteiger partial charge in [-0.15, -0.1) is 0 Å². The van der Waals surface area contributed by atoms with Gasteiger partial charge in [-0.1, -0.05) is 65.7 Å². The van der Waals surface area contributed by atoms with E-state index >= 15 is 0 Å². The number of aliphatic hydroxyl groups excluding tert-OH is 2. The van der Waals surface area contributed by atoms with Crippen molar-refractivity contribution in [3.05, 3.63) is 0 Å². The Labute approximate surface area is 184 Å². The minimum atomic E-state index is -0.722. The molecule has 0 heterocycles. The second-order valence-corrected chi connectivity index (χ2v) is 8.48. The molecule has 0 aromatic rings. The Balaban J connectivity index is 0. The molecule has 0 aromatic heterocycles. The highest BCUT2D eigenvalue weighted by molar-refractivity contribution is 5.76. The molecule has 0 saturated carbocycles. The molecule has 30 heavy (non-hydrogen) atoms. The number of hydrogen-bond donors (Lipinski definition) is 2. The molecule has 2 unspecified atom stereocenters. The van der Waals surface area contributed by atoms with E-state index in [0.717, 1.165) is 12.8 Å². The molecule has 0 fully saturated rings. The first kappa shape index (κ1) is 31.0. The van der Waals surface area contributed by atoms with Crippen molar-refractivity contribution in [1.82, 2.24) is 0 Å². The van der Waals surface area contributed by atoms with E-state index in [0.29, 0.717) is 26.1 Å². The van der Waals surface area contributed by atoms with Gasteiger partial charge < -0.3 is 19.7 Å². The van der Waals surface area contributed by atoms with Gasteiger partial charge in [-0.05, 0) is 40.0 Å². The minimum absolute atomic E-state index is 0.139. The molecule has 2 atom stereocenters. The van der Waals surface area contributed by atoms with Crippen LogP contribution in [0.1, 0.15) is 106 Å². The molecule has 0 aliphatic heterocycles. The molecular weight excluding hydrogens is 384 g/mol. The second kappa shape index (κ2) is 18.6. The summed E-state index contributed by atoms with van der Waals surface area (Å²) < 4.78 is 10.0. The van der Waals surface area contributed by atoms with E-state index in [2.05, 4.69) is 6.92 Å². The van der Waals surface area contributed by atoms with Crippen LogP contribution in [0.25, 0.3) is 0 Å². The maximum absolute atomic E-state index is 11.8. The van der Waals surface area contributed by atoms with Gasteiger partial charge in [0, 0.05) is 0 Å². The summed E-state index contributed by atoms with van der Waals surface area (Å²) in [6.45, 7) is 11.8. The first-order chi connectivity index (χ1) is 14.2. The molecule has 180 valence electrons. The van der Waals surface area contributed by atoms with Gasteiger partial charge >= 0.3 is 11.9 Å². The topological polar surface area (TPSA) is 93.1 Å². The third-order valence-corrected chi connectivity index (χ3v) is 5.75. The number of carbonyl (C=O) groups excluding carboxylic acids is 2. The van der Waals surface area contributed by atoms with Gasteiger partial charge in [-0.2, -0.15) is 0 Å². The van der Waals surface area contributed by atoms with E-state index in [1.807, 2.05) is 13.8 Å². The molecular formula is C24H48O6. The van der Waals surface area contributed by atoms with Crippen LogP contribution in [0.3, 0.4) is 0 Å². The zero-order chi connectivity index (χ0) is 23.5. The quantitative estimate of drug-likeness (QED) is 0.262. The molecule has 0 saturated heterocycles. The Morgan fingerprint density at radius 2 is 1.07 bits per heavy atom. The number of esters is 2. The fourth-order valence-electron chi connectivity index (χ4n) is 2.52. The predicted octanol–water partition coefficient (Wildman–Crippen LogP) is 5.04. The summed E-state index contributed by atoms with van der Waals surface area (Å²) in [4.78, 5) is 22.9. The lowest BCUT2D eigenvalue weighted by Gasteiger charge is -2.23. The van der Waals surface area contributed by atoms with Crippen LogP contribution in [0, 0.1) is 10.8 Å². The number of aliphatic hydroxyl groups is 2. The van der Waals surface area contributed by atoms with Crippen LogP contribution in [0.4, 0.5) is 0 Å². The lowest BCUT2D eigenvalue weighted by Crippen LogP contribution is -2.33. The number of ether oxygens (including phenoxy) is 2. The maximum atomic E-state index is 11.8. The molecule has 6 nitrogen and oxygen atoms in total. The van der Waals surface area contributed by atoms with E-state index in [1.165, 1.54) is 38.5 Å². The summed E-state index contributed by atoms with van der Waals surface area (Å²) in [7, 11) is 0. The lowest BCUT2D eigenvalue weighted by atomic mass is 9.89. The Morgan fingerprint density at radius 1 is 0.667 bits per heavy atom. The molecule has 0 radical (unpaired) electrons. The summed E-state index contributed by atoms with van der Waals surface area (Å²) >= 11 is 0. The summed E-state index contributed by atoms with van der Waals surface area (Å²) in [5.74, 6) is -0.578. The molecule has 2 N–H and O–H groups in total. The molecule has 0 bridgehead atoms. The third-order valence-electron chi connectivity index (χ3n) is 5.75. The number of rotatable bonds is 16. The fraction of sp³-hybridized carbons (Fsp3) is 0.917. The van der Waals surface area contributed by atoms with Gasteiger partial charge in [0.2, 0.25) is 0 Å². The van der Waals surface area contributed by atoms with Crippen LogP contribution in [-0.2, 0) is 19.1 Å². The molecule has 0 aliphatic rings. The van der Waals surface area contributed by atoms with Crippen molar-refractivity contribution in [1.29, 1.82) is 0 Å². The van der Waals surface area contributed by atoms with Crippen LogP contribution in [0.5, 0.6) is 0 Å². The third kappa shape index (κ3) is 13.2. The fourth-order valence-corrected chi connectivity index (χ4v) is 2.52. The van der Waals surface area contributed by atoms with Crippen molar-refractivity contribution in [3.63, 3.8) is 0 Å². The Hall–Kier alpha value is -1.14. The van der Waals surface area contributed by atoms with Crippen molar-refractivity contribution >= 4 is 11.9 Å². The van der Waals surface area contributed by atoms with Crippen molar-refractivity contribution in [2.75, 3.05) is 26.4 Å². The maximum Gasteiger partial charge on any atom is 0.314 e. The molecule has 0 amide bonds. The van der Waals surface area contributed by atoms with E-state index in [9.17, 15) is 14.7 Å². The molecule has 0 aromatic carbocycles. The van der Waals surface area contributed by atoms with Crippen LogP contribution < -0.4 is 0 Å². The summed E-state index contributed by atoms with van der Waals surface area (Å²) in [5, 5.41) is 18.1. The van der Waals surface area contributed by atoms with Gasteiger partial charge in [0.25, 0.3) is 0 Å².